The molecule has 3 nitrogen and oxygen atoms in total. The fraction of sp³-hybridized carbons (Fsp3) is 0. The summed E-state index contributed by atoms with van der Waals surface area (Å²) >= 11 is 0. The van der Waals surface area contributed by atoms with Crippen LogP contribution in [-0.2, 0) is 0 Å². The first-order valence-corrected chi connectivity index (χ1v) is 4.94. The topological polar surface area (TPSA) is 47.6 Å². The Labute approximate surface area is 94.2 Å². The maximum atomic E-state index is 5.56. The number of aliphatic imine (C=N–C) groups is 1. The number of nitrogen functional groups attached to an aromatic ring is 1. The van der Waals surface area contributed by atoms with Gasteiger partial charge in [-0.15, -0.1) is 0 Å². The van der Waals surface area contributed by atoms with Gasteiger partial charge in [0.1, 0.15) is 5.75 Å². The van der Waals surface area contributed by atoms with Crippen molar-refractivity contribution in [3.8, 4) is 5.75 Å². The fourth-order valence-corrected chi connectivity index (χ4v) is 1.21. The van der Waals surface area contributed by atoms with Crippen LogP contribution < -0.4 is 10.5 Å². The van der Waals surface area contributed by atoms with Crippen molar-refractivity contribution in [2.24, 2.45) is 4.99 Å². The first-order valence-electron chi connectivity index (χ1n) is 4.94. The molecule has 2 aromatic rings. The molecule has 3 heteroatoms. The van der Waals surface area contributed by atoms with Crippen LogP contribution in [0.1, 0.15) is 0 Å². The van der Waals surface area contributed by atoms with Gasteiger partial charge < -0.3 is 10.5 Å². The Morgan fingerprint density at radius 2 is 1.62 bits per heavy atom. The number of nitrogens with zero attached hydrogens (tertiary/aromatic N) is 1. The third-order valence-corrected chi connectivity index (χ3v) is 2.03. The molecule has 0 aromatic heterocycles. The van der Waals surface area contributed by atoms with Gasteiger partial charge in [0.15, 0.2) is 6.40 Å². The number of hydrogen-bond acceptors (Lipinski definition) is 3. The second kappa shape index (κ2) is 4.98. The van der Waals surface area contributed by atoms with Gasteiger partial charge in [-0.2, -0.15) is 0 Å². The summed E-state index contributed by atoms with van der Waals surface area (Å²) < 4.78 is 5.32. The average molecular weight is 212 g/mol. The van der Waals surface area contributed by atoms with Gasteiger partial charge in [-0.25, -0.2) is 4.99 Å². The maximum Gasteiger partial charge on any atom is 0.181 e. The third-order valence-electron chi connectivity index (χ3n) is 2.03. The normalized spacial score (nSPS) is 10.5. The number of rotatable bonds is 3. The molecule has 0 radical (unpaired) electrons. The Balaban J connectivity index is 1.98. The van der Waals surface area contributed by atoms with E-state index < -0.39 is 0 Å². The second-order valence-corrected chi connectivity index (χ2v) is 3.26. The van der Waals surface area contributed by atoms with E-state index in [0.717, 1.165) is 17.1 Å². The minimum absolute atomic E-state index is 0.725. The molecule has 2 rings (SSSR count). The third kappa shape index (κ3) is 2.85. The van der Waals surface area contributed by atoms with E-state index in [1.807, 2.05) is 42.5 Å². The van der Waals surface area contributed by atoms with E-state index in [9.17, 15) is 0 Å². The molecule has 0 aliphatic carbocycles. The lowest BCUT2D eigenvalue weighted by Crippen LogP contribution is -1.88. The maximum absolute atomic E-state index is 5.56. The van der Waals surface area contributed by atoms with Crippen LogP contribution in [-0.4, -0.2) is 6.40 Å². The number of para-hydroxylation sites is 1. The summed E-state index contributed by atoms with van der Waals surface area (Å²) in [6.45, 7) is 0. The second-order valence-electron chi connectivity index (χ2n) is 3.26. The Bertz CT molecular complexity index is 463. The highest BCUT2D eigenvalue weighted by Crippen LogP contribution is 2.14. The number of hydrogen-bond donors (Lipinski definition) is 1. The van der Waals surface area contributed by atoms with Crippen LogP contribution in [0.25, 0.3) is 0 Å². The molecule has 2 N–H and O–H groups in total. The Morgan fingerprint density at radius 3 is 2.31 bits per heavy atom. The van der Waals surface area contributed by atoms with Gasteiger partial charge in [0.05, 0.1) is 5.69 Å². The van der Waals surface area contributed by atoms with Gasteiger partial charge in [0, 0.05) is 5.69 Å². The van der Waals surface area contributed by atoms with E-state index in [1.54, 1.807) is 12.1 Å². The molecule has 0 spiro atoms. The lowest BCUT2D eigenvalue weighted by Gasteiger charge is -1.98. The Kier molecular flexibility index (Phi) is 3.18. The van der Waals surface area contributed by atoms with Crippen LogP contribution in [0.5, 0.6) is 5.75 Å². The van der Waals surface area contributed by atoms with Crippen molar-refractivity contribution in [3.05, 3.63) is 54.6 Å². The summed E-state index contributed by atoms with van der Waals surface area (Å²) in [4.78, 5) is 4.14. The van der Waals surface area contributed by atoms with Gasteiger partial charge in [0.2, 0.25) is 0 Å². The lowest BCUT2D eigenvalue weighted by atomic mass is 10.3. The summed E-state index contributed by atoms with van der Waals surface area (Å²) in [6, 6.07) is 16.8. The molecule has 16 heavy (non-hydrogen) atoms. The highest BCUT2D eigenvalue weighted by atomic mass is 16.5. The molecule has 2 aromatic carbocycles. The molecular weight excluding hydrogens is 200 g/mol. The molecule has 0 saturated carbocycles. The smallest absolute Gasteiger partial charge is 0.181 e. The van der Waals surface area contributed by atoms with E-state index >= 15 is 0 Å². The predicted octanol–water partition coefficient (Wildman–Crippen LogP) is 3.01. The Hall–Kier alpha value is -2.29. The summed E-state index contributed by atoms with van der Waals surface area (Å²) in [5.41, 5.74) is 7.10. The highest BCUT2D eigenvalue weighted by Gasteiger charge is 1.89. The molecule has 0 atom stereocenters. The van der Waals surface area contributed by atoms with Gasteiger partial charge in [-0.05, 0) is 36.4 Å². The number of nitrogens with two attached hydrogens (primary N) is 1. The van der Waals surface area contributed by atoms with Crippen LogP contribution >= 0.6 is 0 Å². The molecule has 80 valence electrons. The van der Waals surface area contributed by atoms with Crippen molar-refractivity contribution < 1.29 is 4.74 Å². The first-order chi connectivity index (χ1) is 7.84. The van der Waals surface area contributed by atoms with Crippen molar-refractivity contribution >= 4 is 17.8 Å². The summed E-state index contributed by atoms with van der Waals surface area (Å²) in [5, 5.41) is 0. The summed E-state index contributed by atoms with van der Waals surface area (Å²) in [5.74, 6) is 0.765. The van der Waals surface area contributed by atoms with Crippen LogP contribution in [0.3, 0.4) is 0 Å². The molecule has 0 amide bonds. The van der Waals surface area contributed by atoms with Crippen LogP contribution in [0, 0.1) is 0 Å². The van der Waals surface area contributed by atoms with Gasteiger partial charge in [0.25, 0.3) is 0 Å². The fourth-order valence-electron chi connectivity index (χ4n) is 1.21. The number of benzene rings is 2. The number of ether oxygens (including phenoxy) is 1. The van der Waals surface area contributed by atoms with E-state index in [0.29, 0.717) is 0 Å². The SMILES string of the molecule is Nc1ccc(N=COc2ccccc2)cc1. The number of anilines is 1. The van der Waals surface area contributed by atoms with Gasteiger partial charge in [-0.3, -0.25) is 0 Å². The zero-order valence-electron chi connectivity index (χ0n) is 8.71. The molecule has 0 heterocycles. The van der Waals surface area contributed by atoms with E-state index in [2.05, 4.69) is 4.99 Å². The average Bonchev–Trinajstić information content (AvgIpc) is 2.33. The van der Waals surface area contributed by atoms with Crippen molar-refractivity contribution in [1.82, 2.24) is 0 Å². The minimum atomic E-state index is 0.725. The van der Waals surface area contributed by atoms with Gasteiger partial charge >= 0.3 is 0 Å². The van der Waals surface area contributed by atoms with E-state index in [4.69, 9.17) is 10.5 Å². The highest BCUT2D eigenvalue weighted by molar-refractivity contribution is 5.60. The molecule has 0 bridgehead atoms. The van der Waals surface area contributed by atoms with Crippen LogP contribution in [0.4, 0.5) is 11.4 Å². The first kappa shape index (κ1) is 10.2. The van der Waals surface area contributed by atoms with Crippen molar-refractivity contribution in [2.75, 3.05) is 5.73 Å². The standard InChI is InChI=1S/C13H12N2O/c14-11-6-8-12(9-7-11)15-10-16-13-4-2-1-3-5-13/h1-10H,14H2. The molecular formula is C13H12N2O. The minimum Gasteiger partial charge on any atom is -0.446 e. The largest absolute Gasteiger partial charge is 0.446 e. The molecule has 0 aliphatic rings. The zero-order chi connectivity index (χ0) is 11.2. The molecule has 0 unspecified atom stereocenters. The van der Waals surface area contributed by atoms with Crippen LogP contribution in [0.15, 0.2) is 59.6 Å². The summed E-state index contributed by atoms with van der Waals surface area (Å²) in [6.07, 6.45) is 1.42. The van der Waals surface area contributed by atoms with Crippen molar-refractivity contribution in [2.45, 2.75) is 0 Å². The molecule has 0 aliphatic heterocycles. The molecule has 0 fully saturated rings. The monoisotopic (exact) mass is 212 g/mol. The molecule has 0 saturated heterocycles. The summed E-state index contributed by atoms with van der Waals surface area (Å²) in [7, 11) is 0. The predicted molar refractivity (Wildman–Crippen MR) is 66.1 cm³/mol. The van der Waals surface area contributed by atoms with E-state index in [-0.39, 0.29) is 0 Å². The lowest BCUT2D eigenvalue weighted by molar-refractivity contribution is 0.574. The van der Waals surface area contributed by atoms with Gasteiger partial charge in [-0.1, -0.05) is 18.2 Å². The zero-order valence-corrected chi connectivity index (χ0v) is 8.71. The Morgan fingerprint density at radius 1 is 0.938 bits per heavy atom. The quantitative estimate of drug-likeness (QED) is 0.483. The van der Waals surface area contributed by atoms with Crippen molar-refractivity contribution in [1.29, 1.82) is 0 Å². The van der Waals surface area contributed by atoms with Crippen LogP contribution in [0.2, 0.25) is 0 Å². The van der Waals surface area contributed by atoms with Crippen molar-refractivity contribution in [3.63, 3.8) is 0 Å². The van der Waals surface area contributed by atoms with E-state index in [1.165, 1.54) is 6.40 Å².